The van der Waals surface area contributed by atoms with Crippen LogP contribution in [0.4, 0.5) is 0 Å². The predicted molar refractivity (Wildman–Crippen MR) is 109 cm³/mol. The summed E-state index contributed by atoms with van der Waals surface area (Å²) in [4.78, 5) is 15.7. The van der Waals surface area contributed by atoms with Crippen LogP contribution in [0.25, 0.3) is 0 Å². The Morgan fingerprint density at radius 1 is 1.19 bits per heavy atom. The highest BCUT2D eigenvalue weighted by atomic mass is 35.5. The molecule has 0 aliphatic heterocycles. The van der Waals surface area contributed by atoms with Crippen LogP contribution < -0.4 is 0 Å². The van der Waals surface area contributed by atoms with E-state index in [0.717, 1.165) is 27.6 Å². The van der Waals surface area contributed by atoms with Crippen LogP contribution in [0.5, 0.6) is 0 Å². The second-order valence-corrected chi connectivity index (χ2v) is 7.74. The summed E-state index contributed by atoms with van der Waals surface area (Å²) in [5, 5.41) is 2.71. The van der Waals surface area contributed by atoms with Crippen LogP contribution >= 0.6 is 22.9 Å². The first-order valence-electron chi connectivity index (χ1n) is 8.82. The van der Waals surface area contributed by atoms with Crippen molar-refractivity contribution in [3.63, 3.8) is 0 Å². The SMILES string of the molecule is CC[C@H](C)N(Cc1cccn1Cc1ccccc1Cl)C(=O)c1cccs1. The van der Waals surface area contributed by atoms with Crippen LogP contribution in [-0.2, 0) is 13.1 Å². The molecule has 1 atom stereocenters. The van der Waals surface area contributed by atoms with E-state index in [1.807, 2.05) is 58.9 Å². The number of halogens is 1. The minimum atomic E-state index is 0.0971. The molecule has 0 aliphatic carbocycles. The zero-order valence-corrected chi connectivity index (χ0v) is 16.6. The average molecular weight is 387 g/mol. The third kappa shape index (κ3) is 4.19. The molecular weight excluding hydrogens is 364 g/mol. The maximum atomic E-state index is 13.0. The molecule has 3 rings (SSSR count). The van der Waals surface area contributed by atoms with Crippen molar-refractivity contribution in [3.05, 3.63) is 81.3 Å². The van der Waals surface area contributed by atoms with Gasteiger partial charge in [-0.3, -0.25) is 4.79 Å². The van der Waals surface area contributed by atoms with E-state index in [9.17, 15) is 4.79 Å². The number of hydrogen-bond acceptors (Lipinski definition) is 2. The zero-order valence-electron chi connectivity index (χ0n) is 15.1. The van der Waals surface area contributed by atoms with E-state index in [1.54, 1.807) is 0 Å². The monoisotopic (exact) mass is 386 g/mol. The Labute approximate surface area is 163 Å². The van der Waals surface area contributed by atoms with Gasteiger partial charge in [0.25, 0.3) is 5.91 Å². The first-order valence-corrected chi connectivity index (χ1v) is 10.1. The fraction of sp³-hybridized carbons (Fsp3) is 0.286. The van der Waals surface area contributed by atoms with E-state index in [2.05, 4.69) is 24.5 Å². The summed E-state index contributed by atoms with van der Waals surface area (Å²) in [7, 11) is 0. The average Bonchev–Trinajstić information content (AvgIpc) is 3.32. The lowest BCUT2D eigenvalue weighted by Crippen LogP contribution is -2.38. The lowest BCUT2D eigenvalue weighted by molar-refractivity contribution is 0.0672. The molecule has 0 fully saturated rings. The van der Waals surface area contributed by atoms with Crippen LogP contribution in [0.2, 0.25) is 5.02 Å². The topological polar surface area (TPSA) is 25.2 Å². The van der Waals surface area contributed by atoms with Crippen molar-refractivity contribution in [3.8, 4) is 0 Å². The minimum absolute atomic E-state index is 0.0971. The Hall–Kier alpha value is -2.04. The van der Waals surface area contributed by atoms with Crippen LogP contribution in [0.1, 0.15) is 41.2 Å². The highest BCUT2D eigenvalue weighted by Crippen LogP contribution is 2.21. The normalized spacial score (nSPS) is 12.1. The second-order valence-electron chi connectivity index (χ2n) is 6.39. The molecule has 2 heterocycles. The fourth-order valence-electron chi connectivity index (χ4n) is 2.92. The number of aromatic nitrogens is 1. The van der Waals surface area contributed by atoms with Crippen molar-refractivity contribution in [2.45, 2.75) is 39.4 Å². The van der Waals surface area contributed by atoms with Gasteiger partial charge in [-0.05, 0) is 48.6 Å². The van der Waals surface area contributed by atoms with Gasteiger partial charge in [-0.25, -0.2) is 0 Å². The lowest BCUT2D eigenvalue weighted by Gasteiger charge is -2.29. The van der Waals surface area contributed by atoms with Gasteiger partial charge in [-0.15, -0.1) is 11.3 Å². The first-order chi connectivity index (χ1) is 12.6. The molecule has 1 aromatic carbocycles. The number of rotatable bonds is 7. The van der Waals surface area contributed by atoms with Gasteiger partial charge < -0.3 is 9.47 Å². The molecule has 3 aromatic rings. The second kappa shape index (κ2) is 8.56. The third-order valence-electron chi connectivity index (χ3n) is 4.67. The summed E-state index contributed by atoms with van der Waals surface area (Å²) < 4.78 is 2.16. The molecule has 136 valence electrons. The maximum absolute atomic E-state index is 13.0. The van der Waals surface area contributed by atoms with Crippen molar-refractivity contribution < 1.29 is 4.79 Å². The molecule has 2 aromatic heterocycles. The molecule has 1 amide bonds. The van der Waals surface area contributed by atoms with E-state index < -0.39 is 0 Å². The van der Waals surface area contributed by atoms with Crippen molar-refractivity contribution in [1.29, 1.82) is 0 Å². The number of hydrogen-bond donors (Lipinski definition) is 0. The summed E-state index contributed by atoms with van der Waals surface area (Å²) in [6.07, 6.45) is 2.96. The first kappa shape index (κ1) is 18.7. The van der Waals surface area contributed by atoms with E-state index in [0.29, 0.717) is 13.1 Å². The van der Waals surface area contributed by atoms with Gasteiger partial charge in [0, 0.05) is 29.5 Å². The maximum Gasteiger partial charge on any atom is 0.264 e. The van der Waals surface area contributed by atoms with Crippen molar-refractivity contribution in [1.82, 2.24) is 9.47 Å². The quantitative estimate of drug-likeness (QED) is 0.511. The van der Waals surface area contributed by atoms with Crippen LogP contribution in [0, 0.1) is 0 Å². The molecule has 0 N–H and O–H groups in total. The minimum Gasteiger partial charge on any atom is -0.345 e. The summed E-state index contributed by atoms with van der Waals surface area (Å²) in [6, 6.07) is 16.0. The molecule has 0 aliphatic rings. The summed E-state index contributed by atoms with van der Waals surface area (Å²) in [5.41, 5.74) is 2.18. The van der Waals surface area contributed by atoms with Crippen LogP contribution in [0.15, 0.2) is 60.1 Å². The van der Waals surface area contributed by atoms with Gasteiger partial charge in [-0.1, -0.05) is 42.8 Å². The summed E-state index contributed by atoms with van der Waals surface area (Å²) >= 11 is 7.81. The van der Waals surface area contributed by atoms with Crippen LogP contribution in [-0.4, -0.2) is 21.4 Å². The molecule has 0 unspecified atom stereocenters. The number of nitrogens with zero attached hydrogens (tertiary/aromatic N) is 2. The lowest BCUT2D eigenvalue weighted by atomic mass is 10.2. The summed E-state index contributed by atoms with van der Waals surface area (Å²) in [5.74, 6) is 0.0971. The van der Waals surface area contributed by atoms with E-state index in [1.165, 1.54) is 11.3 Å². The number of amides is 1. The number of benzene rings is 1. The molecule has 5 heteroatoms. The molecule has 0 radical (unpaired) electrons. The Balaban J connectivity index is 1.83. The molecule has 3 nitrogen and oxygen atoms in total. The van der Waals surface area contributed by atoms with E-state index >= 15 is 0 Å². The van der Waals surface area contributed by atoms with Gasteiger partial charge in [0.05, 0.1) is 11.4 Å². The van der Waals surface area contributed by atoms with Gasteiger partial charge in [-0.2, -0.15) is 0 Å². The largest absolute Gasteiger partial charge is 0.345 e. The molecule has 0 saturated carbocycles. The van der Waals surface area contributed by atoms with Crippen molar-refractivity contribution >= 4 is 28.8 Å². The van der Waals surface area contributed by atoms with Gasteiger partial charge in [0.2, 0.25) is 0 Å². The Kier molecular flexibility index (Phi) is 6.17. The molecule has 0 bridgehead atoms. The highest BCUT2D eigenvalue weighted by Gasteiger charge is 2.22. The van der Waals surface area contributed by atoms with Gasteiger partial charge in [0.1, 0.15) is 0 Å². The van der Waals surface area contributed by atoms with Gasteiger partial charge >= 0.3 is 0 Å². The van der Waals surface area contributed by atoms with E-state index in [4.69, 9.17) is 11.6 Å². The molecule has 0 spiro atoms. The highest BCUT2D eigenvalue weighted by molar-refractivity contribution is 7.12. The smallest absolute Gasteiger partial charge is 0.264 e. The van der Waals surface area contributed by atoms with Gasteiger partial charge in [0.15, 0.2) is 0 Å². The van der Waals surface area contributed by atoms with Crippen molar-refractivity contribution in [2.24, 2.45) is 0 Å². The number of carbonyl (C=O) groups is 1. The number of thiophene rings is 1. The van der Waals surface area contributed by atoms with E-state index in [-0.39, 0.29) is 11.9 Å². The standard InChI is InChI=1S/C21H23ClN2OS/c1-3-16(2)24(21(25)20-11-7-13-26-20)15-18-9-6-12-23(18)14-17-8-4-5-10-19(17)22/h4-13,16H,3,14-15H2,1-2H3/t16-/m0/s1. The Bertz CT molecular complexity index is 857. The molecular formula is C21H23ClN2OS. The molecule has 26 heavy (non-hydrogen) atoms. The Morgan fingerprint density at radius 3 is 2.69 bits per heavy atom. The Morgan fingerprint density at radius 2 is 2.00 bits per heavy atom. The van der Waals surface area contributed by atoms with Crippen LogP contribution in [0.3, 0.4) is 0 Å². The van der Waals surface area contributed by atoms with Crippen molar-refractivity contribution in [2.75, 3.05) is 0 Å². The predicted octanol–water partition coefficient (Wildman–Crippen LogP) is 5.69. The summed E-state index contributed by atoms with van der Waals surface area (Å²) in [6.45, 7) is 5.50. The number of carbonyl (C=O) groups excluding carboxylic acids is 1. The zero-order chi connectivity index (χ0) is 18.5. The third-order valence-corrected chi connectivity index (χ3v) is 5.90. The fourth-order valence-corrected chi connectivity index (χ4v) is 3.80. The molecule has 0 saturated heterocycles.